The molecule has 0 spiro atoms. The van der Waals surface area contributed by atoms with E-state index >= 15 is 0 Å². The molecule has 4 N–H and O–H groups in total. The van der Waals surface area contributed by atoms with Crippen molar-refractivity contribution >= 4 is 34.8 Å². The maximum atomic E-state index is 13.6. The second kappa shape index (κ2) is 14.7. The maximum Gasteiger partial charge on any atom is 0.255 e. The number of carbonyl (C=O) groups excluding carboxylic acids is 3. The van der Waals surface area contributed by atoms with Gasteiger partial charge in [0.15, 0.2) is 0 Å². The Bertz CT molecular complexity index is 1790. The van der Waals surface area contributed by atoms with Gasteiger partial charge in [-0.3, -0.25) is 14.4 Å². The molecule has 0 unspecified atom stereocenters. The highest BCUT2D eigenvalue weighted by Crippen LogP contribution is 2.27. The Morgan fingerprint density at radius 3 is 1.96 bits per heavy atom. The Kier molecular flexibility index (Phi) is 10.1. The number of nitrogens with one attached hydrogen (secondary N) is 2. The summed E-state index contributed by atoms with van der Waals surface area (Å²) < 4.78 is 0. The Morgan fingerprint density at radius 2 is 1.30 bits per heavy atom. The predicted molar refractivity (Wildman–Crippen MR) is 184 cm³/mol. The molecule has 0 bridgehead atoms. The van der Waals surface area contributed by atoms with Gasteiger partial charge in [-0.2, -0.15) is 0 Å². The van der Waals surface area contributed by atoms with Crippen molar-refractivity contribution in [1.29, 1.82) is 0 Å². The van der Waals surface area contributed by atoms with Crippen LogP contribution in [0.15, 0.2) is 127 Å². The summed E-state index contributed by atoms with van der Waals surface area (Å²) in [5, 5.41) is 5.83. The van der Waals surface area contributed by atoms with Gasteiger partial charge < -0.3 is 26.2 Å². The van der Waals surface area contributed by atoms with E-state index in [1.54, 1.807) is 42.5 Å². The molecule has 46 heavy (non-hydrogen) atoms. The molecule has 0 fully saturated rings. The van der Waals surface area contributed by atoms with E-state index in [-0.39, 0.29) is 30.8 Å². The fraction of sp³-hybridized carbons (Fsp3) is 0.132. The lowest BCUT2D eigenvalue weighted by molar-refractivity contribution is -0.122. The Morgan fingerprint density at radius 1 is 0.674 bits per heavy atom. The normalized spacial score (nSPS) is 10.6. The van der Waals surface area contributed by atoms with E-state index in [2.05, 4.69) is 10.6 Å². The molecule has 0 radical (unpaired) electrons. The molecule has 0 saturated carbocycles. The SMILES string of the molecule is CN(C)c1ccc(C(=O)N(CC(=O)NCc2ccccc2)Cc2ccc(C(=O)Nc3cc(-c4ccccc4)ccc3N)cc2)cc1. The summed E-state index contributed by atoms with van der Waals surface area (Å²) in [5.41, 5.74) is 12.7. The van der Waals surface area contributed by atoms with Gasteiger partial charge in [-0.05, 0) is 70.8 Å². The Balaban J connectivity index is 1.29. The highest BCUT2D eigenvalue weighted by molar-refractivity contribution is 6.06. The molecular formula is C38H37N5O3. The van der Waals surface area contributed by atoms with Crippen LogP contribution in [0.2, 0.25) is 0 Å². The molecule has 8 nitrogen and oxygen atoms in total. The molecule has 8 heteroatoms. The van der Waals surface area contributed by atoms with Crippen LogP contribution in [0.4, 0.5) is 17.1 Å². The van der Waals surface area contributed by atoms with Crippen molar-refractivity contribution in [2.24, 2.45) is 0 Å². The van der Waals surface area contributed by atoms with Gasteiger partial charge in [0.1, 0.15) is 6.54 Å². The van der Waals surface area contributed by atoms with Crippen LogP contribution in [-0.2, 0) is 17.9 Å². The number of carbonyl (C=O) groups is 3. The lowest BCUT2D eigenvalue weighted by Crippen LogP contribution is -2.40. The fourth-order valence-electron chi connectivity index (χ4n) is 4.96. The summed E-state index contributed by atoms with van der Waals surface area (Å²) in [6.45, 7) is 0.420. The van der Waals surface area contributed by atoms with Gasteiger partial charge in [-0.1, -0.05) is 78.9 Å². The third-order valence-corrected chi connectivity index (χ3v) is 7.58. The zero-order chi connectivity index (χ0) is 32.5. The number of benzene rings is 5. The van der Waals surface area contributed by atoms with Crippen molar-refractivity contribution in [2.75, 3.05) is 36.6 Å². The molecule has 0 aliphatic carbocycles. The number of rotatable bonds is 11. The van der Waals surface area contributed by atoms with Crippen LogP contribution in [0.3, 0.4) is 0 Å². The minimum absolute atomic E-state index is 0.125. The van der Waals surface area contributed by atoms with Gasteiger partial charge in [-0.15, -0.1) is 0 Å². The molecule has 0 saturated heterocycles. The van der Waals surface area contributed by atoms with Crippen LogP contribution in [0.1, 0.15) is 31.8 Å². The monoisotopic (exact) mass is 611 g/mol. The zero-order valence-corrected chi connectivity index (χ0v) is 25.9. The second-order valence-corrected chi connectivity index (χ2v) is 11.2. The summed E-state index contributed by atoms with van der Waals surface area (Å²) >= 11 is 0. The van der Waals surface area contributed by atoms with E-state index in [0.29, 0.717) is 29.0 Å². The summed E-state index contributed by atoms with van der Waals surface area (Å²) in [6.07, 6.45) is 0. The zero-order valence-electron chi connectivity index (χ0n) is 25.9. The Hall–Kier alpha value is -5.89. The average molecular weight is 612 g/mol. The number of amides is 3. The van der Waals surface area contributed by atoms with E-state index in [9.17, 15) is 14.4 Å². The quantitative estimate of drug-likeness (QED) is 0.154. The molecule has 5 aromatic rings. The first-order chi connectivity index (χ1) is 22.3. The van der Waals surface area contributed by atoms with E-state index in [0.717, 1.165) is 27.9 Å². The number of nitrogens with two attached hydrogens (primary N) is 1. The minimum atomic E-state index is -0.308. The van der Waals surface area contributed by atoms with Gasteiger partial charge in [0.05, 0.1) is 11.4 Å². The highest BCUT2D eigenvalue weighted by atomic mass is 16.2. The van der Waals surface area contributed by atoms with Crippen molar-refractivity contribution in [3.63, 3.8) is 0 Å². The fourth-order valence-corrected chi connectivity index (χ4v) is 4.96. The molecule has 232 valence electrons. The van der Waals surface area contributed by atoms with Crippen molar-refractivity contribution in [2.45, 2.75) is 13.1 Å². The number of nitrogen functional groups attached to an aromatic ring is 1. The van der Waals surface area contributed by atoms with E-state index < -0.39 is 0 Å². The molecule has 0 aromatic heterocycles. The van der Waals surface area contributed by atoms with Crippen LogP contribution in [-0.4, -0.2) is 43.3 Å². The van der Waals surface area contributed by atoms with Crippen molar-refractivity contribution < 1.29 is 14.4 Å². The summed E-state index contributed by atoms with van der Waals surface area (Å²) in [4.78, 5) is 43.2. The number of hydrogen-bond acceptors (Lipinski definition) is 5. The van der Waals surface area contributed by atoms with E-state index in [1.807, 2.05) is 104 Å². The van der Waals surface area contributed by atoms with Crippen molar-refractivity contribution in [1.82, 2.24) is 10.2 Å². The lowest BCUT2D eigenvalue weighted by Gasteiger charge is -2.23. The van der Waals surface area contributed by atoms with Crippen LogP contribution >= 0.6 is 0 Å². The van der Waals surface area contributed by atoms with Crippen molar-refractivity contribution in [3.05, 3.63) is 150 Å². The van der Waals surface area contributed by atoms with E-state index in [1.165, 1.54) is 4.90 Å². The minimum Gasteiger partial charge on any atom is -0.397 e. The van der Waals surface area contributed by atoms with Crippen LogP contribution in [0.25, 0.3) is 11.1 Å². The van der Waals surface area contributed by atoms with Gasteiger partial charge in [0, 0.05) is 44.0 Å². The highest BCUT2D eigenvalue weighted by Gasteiger charge is 2.20. The molecular weight excluding hydrogens is 574 g/mol. The molecule has 3 amide bonds. The lowest BCUT2D eigenvalue weighted by atomic mass is 10.0. The molecule has 5 aromatic carbocycles. The summed E-state index contributed by atoms with van der Waals surface area (Å²) in [7, 11) is 3.86. The van der Waals surface area contributed by atoms with Crippen molar-refractivity contribution in [3.8, 4) is 11.1 Å². The first-order valence-corrected chi connectivity index (χ1v) is 15.0. The Labute approximate surface area is 269 Å². The maximum absolute atomic E-state index is 13.6. The van der Waals surface area contributed by atoms with Gasteiger partial charge in [-0.25, -0.2) is 0 Å². The summed E-state index contributed by atoms with van der Waals surface area (Å²) in [6, 6.07) is 39.3. The average Bonchev–Trinajstić information content (AvgIpc) is 3.09. The topological polar surface area (TPSA) is 108 Å². The first kappa shape index (κ1) is 31.5. The largest absolute Gasteiger partial charge is 0.397 e. The van der Waals surface area contributed by atoms with Gasteiger partial charge in [0.2, 0.25) is 5.91 Å². The predicted octanol–water partition coefficient (Wildman–Crippen LogP) is 6.21. The standard InChI is InChI=1S/C38H37N5O3/c1-42(2)33-20-17-31(18-21-33)38(46)43(26-36(44)40-24-27-9-5-3-6-10-27)25-28-13-15-30(16-14-28)37(45)41-35-23-32(19-22-34(35)39)29-11-7-4-8-12-29/h3-23H,24-26,39H2,1-2H3,(H,40,44)(H,41,45). The number of hydrogen-bond donors (Lipinski definition) is 3. The number of anilines is 3. The first-order valence-electron chi connectivity index (χ1n) is 15.0. The third-order valence-electron chi connectivity index (χ3n) is 7.58. The summed E-state index contributed by atoms with van der Waals surface area (Å²) in [5.74, 6) is -0.845. The van der Waals surface area contributed by atoms with Gasteiger partial charge >= 0.3 is 0 Å². The number of nitrogens with zero attached hydrogens (tertiary/aromatic N) is 2. The second-order valence-electron chi connectivity index (χ2n) is 11.2. The van der Waals surface area contributed by atoms with E-state index in [4.69, 9.17) is 5.73 Å². The van der Waals surface area contributed by atoms with Crippen LogP contribution < -0.4 is 21.3 Å². The smallest absolute Gasteiger partial charge is 0.255 e. The van der Waals surface area contributed by atoms with Crippen LogP contribution in [0.5, 0.6) is 0 Å². The van der Waals surface area contributed by atoms with Gasteiger partial charge in [0.25, 0.3) is 11.8 Å². The molecule has 0 aliphatic heterocycles. The molecule has 0 heterocycles. The third kappa shape index (κ3) is 8.18. The molecule has 0 atom stereocenters. The molecule has 5 rings (SSSR count). The molecule has 0 aliphatic rings. The van der Waals surface area contributed by atoms with Crippen LogP contribution in [0, 0.1) is 0 Å².